The van der Waals surface area contributed by atoms with Crippen molar-refractivity contribution in [2.75, 3.05) is 44.2 Å². The SMILES string of the molecule is CC(C)OCC(O)CN1CCN(c2ncnc3ccsc23)CC1. The van der Waals surface area contributed by atoms with Crippen LogP contribution in [0.3, 0.4) is 0 Å². The van der Waals surface area contributed by atoms with E-state index in [1.807, 2.05) is 19.9 Å². The molecule has 0 saturated carbocycles. The summed E-state index contributed by atoms with van der Waals surface area (Å²) in [5.41, 5.74) is 1.02. The summed E-state index contributed by atoms with van der Waals surface area (Å²) in [7, 11) is 0. The minimum Gasteiger partial charge on any atom is -0.389 e. The second kappa shape index (κ2) is 7.53. The molecule has 1 aliphatic rings. The maximum atomic E-state index is 10.0. The maximum absolute atomic E-state index is 10.0. The first-order valence-corrected chi connectivity index (χ1v) is 8.96. The molecular formula is C16H24N4O2S. The number of anilines is 1. The smallest absolute Gasteiger partial charge is 0.150 e. The Bertz CT molecular complexity index is 625. The van der Waals surface area contributed by atoms with Crippen LogP contribution in [0.2, 0.25) is 0 Å². The molecule has 0 aliphatic carbocycles. The van der Waals surface area contributed by atoms with Crippen LogP contribution in [-0.2, 0) is 4.74 Å². The zero-order chi connectivity index (χ0) is 16.2. The molecule has 23 heavy (non-hydrogen) atoms. The van der Waals surface area contributed by atoms with E-state index in [2.05, 4.69) is 25.1 Å². The normalized spacial score (nSPS) is 18.0. The molecule has 0 aromatic carbocycles. The quantitative estimate of drug-likeness (QED) is 0.865. The van der Waals surface area contributed by atoms with Crippen LogP contribution in [-0.4, -0.2) is 71.5 Å². The van der Waals surface area contributed by atoms with Gasteiger partial charge in [-0.25, -0.2) is 9.97 Å². The Labute approximate surface area is 140 Å². The molecule has 3 heterocycles. The molecule has 126 valence electrons. The van der Waals surface area contributed by atoms with Gasteiger partial charge in [0, 0.05) is 32.7 Å². The Hall–Kier alpha value is -1.28. The van der Waals surface area contributed by atoms with Gasteiger partial charge >= 0.3 is 0 Å². The number of nitrogens with zero attached hydrogens (tertiary/aromatic N) is 4. The van der Waals surface area contributed by atoms with Gasteiger partial charge in [-0.3, -0.25) is 4.90 Å². The van der Waals surface area contributed by atoms with E-state index in [0.29, 0.717) is 13.2 Å². The minimum atomic E-state index is -0.424. The Morgan fingerprint density at radius 2 is 2.04 bits per heavy atom. The van der Waals surface area contributed by atoms with Gasteiger partial charge in [0.1, 0.15) is 12.1 Å². The lowest BCUT2D eigenvalue weighted by atomic mass is 10.2. The van der Waals surface area contributed by atoms with Crippen LogP contribution in [0.15, 0.2) is 17.8 Å². The zero-order valence-corrected chi connectivity index (χ0v) is 14.5. The summed E-state index contributed by atoms with van der Waals surface area (Å²) >= 11 is 1.69. The first kappa shape index (κ1) is 16.6. The average Bonchev–Trinajstić information content (AvgIpc) is 3.02. The first-order chi connectivity index (χ1) is 11.1. The molecule has 1 unspecified atom stereocenters. The highest BCUT2D eigenvalue weighted by Gasteiger charge is 2.22. The summed E-state index contributed by atoms with van der Waals surface area (Å²) in [4.78, 5) is 13.4. The predicted octanol–water partition coefficient (Wildman–Crippen LogP) is 1.60. The van der Waals surface area contributed by atoms with E-state index in [9.17, 15) is 5.11 Å². The van der Waals surface area contributed by atoms with Gasteiger partial charge in [-0.2, -0.15) is 0 Å². The maximum Gasteiger partial charge on any atom is 0.150 e. The third kappa shape index (κ3) is 4.17. The van der Waals surface area contributed by atoms with Crippen molar-refractivity contribution in [2.24, 2.45) is 0 Å². The second-order valence-electron chi connectivity index (χ2n) is 6.16. The van der Waals surface area contributed by atoms with E-state index in [-0.39, 0.29) is 6.10 Å². The lowest BCUT2D eigenvalue weighted by Gasteiger charge is -2.36. The summed E-state index contributed by atoms with van der Waals surface area (Å²) in [5, 5.41) is 12.1. The van der Waals surface area contributed by atoms with Gasteiger partial charge in [0.2, 0.25) is 0 Å². The van der Waals surface area contributed by atoms with E-state index >= 15 is 0 Å². The molecular weight excluding hydrogens is 312 g/mol. The number of fused-ring (bicyclic) bond motifs is 1. The number of hydrogen-bond donors (Lipinski definition) is 1. The van der Waals surface area contributed by atoms with Crippen LogP contribution in [0.25, 0.3) is 10.2 Å². The summed E-state index contributed by atoms with van der Waals surface area (Å²) in [5.74, 6) is 1.04. The molecule has 1 atom stereocenters. The lowest BCUT2D eigenvalue weighted by molar-refractivity contribution is -0.00900. The molecule has 2 aromatic rings. The molecule has 1 saturated heterocycles. The Morgan fingerprint density at radius 1 is 1.26 bits per heavy atom. The summed E-state index contributed by atoms with van der Waals surface area (Å²) in [6, 6.07) is 2.03. The summed E-state index contributed by atoms with van der Waals surface area (Å²) in [6.07, 6.45) is 1.38. The molecule has 2 aromatic heterocycles. The zero-order valence-electron chi connectivity index (χ0n) is 13.7. The highest BCUT2D eigenvalue weighted by Crippen LogP contribution is 2.28. The van der Waals surface area contributed by atoms with Crippen molar-refractivity contribution in [3.63, 3.8) is 0 Å². The van der Waals surface area contributed by atoms with Crippen LogP contribution in [0.4, 0.5) is 5.82 Å². The number of aromatic nitrogens is 2. The number of aliphatic hydroxyl groups excluding tert-OH is 1. The van der Waals surface area contributed by atoms with E-state index in [1.54, 1.807) is 17.7 Å². The van der Waals surface area contributed by atoms with Crippen LogP contribution in [0.1, 0.15) is 13.8 Å². The standard InChI is InChI=1S/C16H24N4O2S/c1-12(2)22-10-13(21)9-19-4-6-20(7-5-19)16-15-14(3-8-23-15)17-11-18-16/h3,8,11-13,21H,4-7,9-10H2,1-2H3. The molecule has 6 nitrogen and oxygen atoms in total. The van der Waals surface area contributed by atoms with Crippen LogP contribution in [0.5, 0.6) is 0 Å². The molecule has 0 radical (unpaired) electrons. The predicted molar refractivity (Wildman–Crippen MR) is 93.2 cm³/mol. The Balaban J connectivity index is 1.53. The third-order valence-corrected chi connectivity index (χ3v) is 4.89. The number of β-amino-alcohol motifs (C(OH)–C–C–N with tert-alkyl or cyclic N) is 1. The number of rotatable bonds is 6. The fraction of sp³-hybridized carbons (Fsp3) is 0.625. The lowest BCUT2D eigenvalue weighted by Crippen LogP contribution is -2.49. The fourth-order valence-electron chi connectivity index (χ4n) is 2.80. The highest BCUT2D eigenvalue weighted by molar-refractivity contribution is 7.17. The van der Waals surface area contributed by atoms with Gasteiger partial charge in [-0.1, -0.05) is 0 Å². The highest BCUT2D eigenvalue weighted by atomic mass is 32.1. The van der Waals surface area contributed by atoms with Crippen molar-refractivity contribution in [1.82, 2.24) is 14.9 Å². The molecule has 0 bridgehead atoms. The van der Waals surface area contributed by atoms with Crippen molar-refractivity contribution in [2.45, 2.75) is 26.1 Å². The average molecular weight is 336 g/mol. The van der Waals surface area contributed by atoms with Crippen LogP contribution >= 0.6 is 11.3 Å². The summed E-state index contributed by atoms with van der Waals surface area (Å²) in [6.45, 7) is 8.73. The number of piperazine rings is 1. The first-order valence-electron chi connectivity index (χ1n) is 8.08. The van der Waals surface area contributed by atoms with E-state index in [0.717, 1.165) is 42.2 Å². The number of thiophene rings is 1. The number of ether oxygens (including phenoxy) is 1. The van der Waals surface area contributed by atoms with E-state index in [4.69, 9.17) is 4.74 Å². The molecule has 7 heteroatoms. The Morgan fingerprint density at radius 3 is 2.78 bits per heavy atom. The monoisotopic (exact) mass is 336 g/mol. The van der Waals surface area contributed by atoms with Gasteiger partial charge in [-0.05, 0) is 25.3 Å². The van der Waals surface area contributed by atoms with Crippen LogP contribution in [0, 0.1) is 0 Å². The third-order valence-electron chi connectivity index (χ3n) is 3.99. The second-order valence-corrected chi connectivity index (χ2v) is 7.07. The largest absolute Gasteiger partial charge is 0.389 e. The van der Waals surface area contributed by atoms with Crippen LogP contribution < -0.4 is 4.90 Å². The van der Waals surface area contributed by atoms with Gasteiger partial charge < -0.3 is 14.7 Å². The van der Waals surface area contributed by atoms with Gasteiger partial charge in [0.05, 0.1) is 29.0 Å². The van der Waals surface area contributed by atoms with Crippen molar-refractivity contribution in [1.29, 1.82) is 0 Å². The summed E-state index contributed by atoms with van der Waals surface area (Å²) < 4.78 is 6.63. The minimum absolute atomic E-state index is 0.160. The van der Waals surface area contributed by atoms with Crippen molar-refractivity contribution < 1.29 is 9.84 Å². The molecule has 3 rings (SSSR count). The molecule has 1 fully saturated rings. The Kier molecular flexibility index (Phi) is 5.42. The number of hydrogen-bond acceptors (Lipinski definition) is 7. The molecule has 1 N–H and O–H groups in total. The van der Waals surface area contributed by atoms with Crippen molar-refractivity contribution >= 4 is 27.4 Å². The van der Waals surface area contributed by atoms with E-state index in [1.165, 1.54) is 0 Å². The molecule has 0 spiro atoms. The molecule has 0 amide bonds. The van der Waals surface area contributed by atoms with Crippen molar-refractivity contribution in [3.05, 3.63) is 17.8 Å². The van der Waals surface area contributed by atoms with Gasteiger partial charge in [0.25, 0.3) is 0 Å². The van der Waals surface area contributed by atoms with Gasteiger partial charge in [-0.15, -0.1) is 11.3 Å². The molecule has 1 aliphatic heterocycles. The number of aliphatic hydroxyl groups is 1. The van der Waals surface area contributed by atoms with Gasteiger partial charge in [0.15, 0.2) is 0 Å². The van der Waals surface area contributed by atoms with Crippen molar-refractivity contribution in [3.8, 4) is 0 Å². The topological polar surface area (TPSA) is 61.7 Å². The van der Waals surface area contributed by atoms with E-state index < -0.39 is 6.10 Å². The fourth-order valence-corrected chi connectivity index (χ4v) is 3.66.